The summed E-state index contributed by atoms with van der Waals surface area (Å²) >= 11 is 0. The van der Waals surface area contributed by atoms with Crippen LogP contribution in [0.4, 0.5) is 15.8 Å². The molecule has 57 heavy (non-hydrogen) atoms. The second kappa shape index (κ2) is 23.4. The molecular weight excluding hydrogens is 712 g/mol. The molecule has 5 aromatic rings. The Balaban J connectivity index is 1.07. The van der Waals surface area contributed by atoms with Crippen LogP contribution in [0.3, 0.4) is 0 Å². The fraction of sp³-hybridized carbons (Fsp3) is 0.320. The predicted octanol–water partition coefficient (Wildman–Crippen LogP) is 13.6. The van der Waals surface area contributed by atoms with E-state index in [1.165, 1.54) is 94.2 Å². The molecule has 0 bridgehead atoms. The van der Waals surface area contributed by atoms with Crippen molar-refractivity contribution in [1.82, 2.24) is 0 Å². The first-order chi connectivity index (χ1) is 27.9. The molecule has 7 heteroatoms. The summed E-state index contributed by atoms with van der Waals surface area (Å²) in [6.07, 6.45) is 21.0. The zero-order valence-corrected chi connectivity index (χ0v) is 33.4. The number of esters is 2. The third kappa shape index (κ3) is 15.1. The summed E-state index contributed by atoms with van der Waals surface area (Å²) in [6, 6.07) is 33.5. The fourth-order valence-corrected chi connectivity index (χ4v) is 6.41. The van der Waals surface area contributed by atoms with Crippen LogP contribution in [0.15, 0.2) is 125 Å². The predicted molar refractivity (Wildman–Crippen MR) is 231 cm³/mol. The summed E-state index contributed by atoms with van der Waals surface area (Å²) < 4.78 is 25.4. The lowest BCUT2D eigenvalue weighted by Crippen LogP contribution is -2.11. The summed E-state index contributed by atoms with van der Waals surface area (Å²) in [5.74, 6) is -2.25. The van der Waals surface area contributed by atoms with Crippen LogP contribution in [0, 0.1) is 5.82 Å². The lowest BCUT2D eigenvalue weighted by Gasteiger charge is -2.09. The molecule has 296 valence electrons. The van der Waals surface area contributed by atoms with Gasteiger partial charge < -0.3 is 9.47 Å². The molecule has 0 aliphatic heterocycles. The Morgan fingerprint density at radius 1 is 0.491 bits per heavy atom. The lowest BCUT2D eigenvalue weighted by atomic mass is 10.0. The van der Waals surface area contributed by atoms with Crippen molar-refractivity contribution in [3.05, 3.63) is 154 Å². The van der Waals surface area contributed by atoms with Crippen molar-refractivity contribution < 1.29 is 23.5 Å². The number of aryl methyl sites for hydroxylation is 2. The van der Waals surface area contributed by atoms with Crippen molar-refractivity contribution >= 4 is 35.7 Å². The maximum Gasteiger partial charge on any atom is 0.343 e. The van der Waals surface area contributed by atoms with Gasteiger partial charge in [0, 0.05) is 30.6 Å². The number of nitrogens with zero attached hydrogens (tertiary/aromatic N) is 2. The largest absolute Gasteiger partial charge is 0.423 e. The van der Waals surface area contributed by atoms with Crippen LogP contribution < -0.4 is 9.47 Å². The molecule has 0 saturated heterocycles. The first-order valence-electron chi connectivity index (χ1n) is 20.6. The highest BCUT2D eigenvalue weighted by Gasteiger charge is 2.14. The van der Waals surface area contributed by atoms with E-state index in [9.17, 15) is 14.0 Å². The first kappa shape index (κ1) is 42.5. The van der Waals surface area contributed by atoms with Crippen molar-refractivity contribution in [1.29, 1.82) is 0 Å². The molecule has 0 spiro atoms. The topological polar surface area (TPSA) is 77.3 Å². The van der Waals surface area contributed by atoms with Gasteiger partial charge in [-0.25, -0.2) is 14.0 Å². The SMILES string of the molecule is CCCCCCCCc1ccc(N=Cc2ccc(C(=O)Oc3cc(F)cc(OC(=O)c4ccc(C=Nc5ccc(CCCCCCCC)cc5)cc4)c3)cc2)cc1. The number of aliphatic imine (C=N–C) groups is 2. The van der Waals surface area contributed by atoms with Crippen molar-refractivity contribution in [3.8, 4) is 11.5 Å². The lowest BCUT2D eigenvalue weighted by molar-refractivity contribution is 0.0732. The third-order valence-electron chi connectivity index (χ3n) is 9.79. The van der Waals surface area contributed by atoms with Crippen LogP contribution in [0.2, 0.25) is 0 Å². The van der Waals surface area contributed by atoms with E-state index in [-0.39, 0.29) is 22.6 Å². The van der Waals surface area contributed by atoms with Crippen LogP contribution in [-0.2, 0) is 12.8 Å². The summed E-state index contributed by atoms with van der Waals surface area (Å²) in [4.78, 5) is 35.0. The Morgan fingerprint density at radius 2 is 0.860 bits per heavy atom. The van der Waals surface area contributed by atoms with Crippen molar-refractivity contribution in [3.63, 3.8) is 0 Å². The maximum absolute atomic E-state index is 14.5. The summed E-state index contributed by atoms with van der Waals surface area (Å²) in [5.41, 5.74) is 6.51. The summed E-state index contributed by atoms with van der Waals surface area (Å²) in [5, 5.41) is 0. The van der Waals surface area contributed by atoms with Gasteiger partial charge >= 0.3 is 11.9 Å². The van der Waals surface area contributed by atoms with Gasteiger partial charge in [-0.3, -0.25) is 9.98 Å². The Labute approximate surface area is 337 Å². The monoisotopic (exact) mass is 766 g/mol. The normalized spacial score (nSPS) is 11.4. The Kier molecular flexibility index (Phi) is 17.4. The summed E-state index contributed by atoms with van der Waals surface area (Å²) in [7, 11) is 0. The van der Waals surface area contributed by atoms with Crippen molar-refractivity contribution in [2.45, 2.75) is 104 Å². The Morgan fingerprint density at radius 3 is 1.25 bits per heavy atom. The van der Waals surface area contributed by atoms with Gasteiger partial charge in [-0.15, -0.1) is 0 Å². The fourth-order valence-electron chi connectivity index (χ4n) is 6.41. The standard InChI is InChI=1S/C50H55FN2O4/c1-3-5-7-9-11-13-15-38-21-29-45(30-22-38)52-36-40-17-25-42(26-18-40)49(54)56-47-33-44(51)34-48(35-47)57-50(55)43-27-19-41(20-28-43)37-53-46-31-23-39(24-32-46)16-14-12-10-8-6-4-2/h17-37H,3-16H2,1-2H3. The van der Waals surface area contributed by atoms with Crippen LogP contribution in [0.25, 0.3) is 0 Å². The molecule has 0 aliphatic rings. The average molecular weight is 767 g/mol. The average Bonchev–Trinajstić information content (AvgIpc) is 3.23. The Bertz CT molecular complexity index is 1890. The van der Waals surface area contributed by atoms with E-state index in [1.807, 2.05) is 24.3 Å². The quantitative estimate of drug-likeness (QED) is 0.0304. The van der Waals surface area contributed by atoms with E-state index >= 15 is 0 Å². The molecule has 5 aromatic carbocycles. The van der Waals surface area contributed by atoms with Gasteiger partial charge in [0.1, 0.15) is 17.3 Å². The highest BCUT2D eigenvalue weighted by molar-refractivity contribution is 5.93. The zero-order valence-electron chi connectivity index (χ0n) is 33.4. The number of benzene rings is 5. The number of halogens is 1. The van der Waals surface area contributed by atoms with Gasteiger partial charge in [0.15, 0.2) is 0 Å². The smallest absolute Gasteiger partial charge is 0.343 e. The molecule has 5 rings (SSSR count). The number of hydrogen-bond donors (Lipinski definition) is 0. The van der Waals surface area contributed by atoms with E-state index in [0.29, 0.717) is 0 Å². The first-order valence-corrected chi connectivity index (χ1v) is 20.6. The van der Waals surface area contributed by atoms with Crippen LogP contribution >= 0.6 is 0 Å². The second-order valence-corrected chi connectivity index (χ2v) is 14.5. The van der Waals surface area contributed by atoms with E-state index in [2.05, 4.69) is 48.1 Å². The van der Waals surface area contributed by atoms with E-state index < -0.39 is 17.8 Å². The number of rotatable bonds is 22. The van der Waals surface area contributed by atoms with E-state index in [4.69, 9.17) is 9.47 Å². The molecule has 0 saturated carbocycles. The van der Waals surface area contributed by atoms with Gasteiger partial charge in [-0.05, 0) is 96.5 Å². The van der Waals surface area contributed by atoms with Gasteiger partial charge in [-0.1, -0.05) is 127 Å². The number of carbonyl (C=O) groups excluding carboxylic acids is 2. The molecule has 0 amide bonds. The zero-order chi connectivity index (χ0) is 40.1. The molecule has 0 unspecified atom stereocenters. The molecule has 6 nitrogen and oxygen atoms in total. The van der Waals surface area contributed by atoms with E-state index in [1.54, 1.807) is 61.0 Å². The summed E-state index contributed by atoms with van der Waals surface area (Å²) in [6.45, 7) is 4.47. The molecule has 0 heterocycles. The molecule has 0 aromatic heterocycles. The molecule has 0 aliphatic carbocycles. The molecule has 0 atom stereocenters. The molecule has 0 N–H and O–H groups in total. The highest BCUT2D eigenvalue weighted by atomic mass is 19.1. The number of hydrogen-bond acceptors (Lipinski definition) is 6. The van der Waals surface area contributed by atoms with Gasteiger partial charge in [-0.2, -0.15) is 0 Å². The van der Waals surface area contributed by atoms with Crippen molar-refractivity contribution in [2.24, 2.45) is 9.98 Å². The minimum Gasteiger partial charge on any atom is -0.423 e. The van der Waals surface area contributed by atoms with Crippen LogP contribution in [0.5, 0.6) is 11.5 Å². The van der Waals surface area contributed by atoms with Crippen LogP contribution in [0.1, 0.15) is 134 Å². The van der Waals surface area contributed by atoms with Crippen LogP contribution in [-0.4, -0.2) is 24.4 Å². The molecule has 0 radical (unpaired) electrons. The van der Waals surface area contributed by atoms with Gasteiger partial charge in [0.05, 0.1) is 22.5 Å². The van der Waals surface area contributed by atoms with E-state index in [0.717, 1.165) is 47.5 Å². The minimum absolute atomic E-state index is 0.0876. The highest BCUT2D eigenvalue weighted by Crippen LogP contribution is 2.25. The minimum atomic E-state index is -0.716. The maximum atomic E-state index is 14.5. The van der Waals surface area contributed by atoms with Crippen molar-refractivity contribution in [2.75, 3.05) is 0 Å². The third-order valence-corrected chi connectivity index (χ3v) is 9.79. The molecule has 0 fully saturated rings. The second-order valence-electron chi connectivity index (χ2n) is 14.5. The number of unbranched alkanes of at least 4 members (excludes halogenated alkanes) is 10. The number of ether oxygens (including phenoxy) is 2. The van der Waals surface area contributed by atoms with Gasteiger partial charge in [0.25, 0.3) is 0 Å². The number of carbonyl (C=O) groups is 2. The van der Waals surface area contributed by atoms with Gasteiger partial charge in [0.2, 0.25) is 0 Å². The molecular formula is C50H55FN2O4. The Hall–Kier alpha value is -5.69.